The van der Waals surface area contributed by atoms with E-state index in [9.17, 15) is 9.59 Å². The van der Waals surface area contributed by atoms with Gasteiger partial charge < -0.3 is 9.67 Å². The van der Waals surface area contributed by atoms with Crippen LogP contribution in [0.25, 0.3) is 21.8 Å². The molecule has 0 aliphatic heterocycles. The summed E-state index contributed by atoms with van der Waals surface area (Å²) in [5, 5.41) is 11.0. The molecule has 4 nitrogen and oxygen atoms in total. The fourth-order valence-corrected chi connectivity index (χ4v) is 2.53. The molecule has 3 aromatic rings. The lowest BCUT2D eigenvalue weighted by Gasteiger charge is -2.06. The van der Waals surface area contributed by atoms with Crippen LogP contribution in [-0.2, 0) is 16.1 Å². The smallest absolute Gasteiger partial charge is 0.338 e. The monoisotopic (exact) mass is 279 g/mol. The number of ketones is 1. The summed E-state index contributed by atoms with van der Waals surface area (Å²) in [6.07, 6.45) is 0. The van der Waals surface area contributed by atoms with Crippen LogP contribution in [0, 0.1) is 0 Å². The van der Waals surface area contributed by atoms with Gasteiger partial charge in [-0.3, -0.25) is 4.79 Å². The molecule has 3 rings (SSSR count). The minimum atomic E-state index is -1.28. The minimum absolute atomic E-state index is 0.0286. The van der Waals surface area contributed by atoms with E-state index < -0.39 is 17.3 Å². The van der Waals surface area contributed by atoms with Crippen molar-refractivity contribution in [3.63, 3.8) is 0 Å². The van der Waals surface area contributed by atoms with Crippen LogP contribution in [-0.4, -0.2) is 21.4 Å². The molecule has 2 aromatic carbocycles. The number of carbonyl (C=O) groups excluding carboxylic acids is 1. The first-order chi connectivity index (χ1) is 10.1. The molecule has 0 unspecified atom stereocenters. The third-order valence-corrected chi connectivity index (χ3v) is 3.58. The van der Waals surface area contributed by atoms with Gasteiger partial charge in [0.05, 0.1) is 12.1 Å². The van der Waals surface area contributed by atoms with Crippen molar-refractivity contribution in [2.45, 2.75) is 6.54 Å². The van der Waals surface area contributed by atoms with E-state index in [1.165, 1.54) is 0 Å². The van der Waals surface area contributed by atoms with Gasteiger partial charge in [-0.15, -0.1) is 0 Å². The van der Waals surface area contributed by atoms with Crippen LogP contribution in [0.5, 0.6) is 0 Å². The summed E-state index contributed by atoms with van der Waals surface area (Å²) < 4.78 is 1.83. The minimum Gasteiger partial charge on any atom is -0.478 e. The Labute approximate surface area is 120 Å². The van der Waals surface area contributed by atoms with Crippen LogP contribution in [0.4, 0.5) is 0 Å². The fraction of sp³-hybridized carbons (Fsp3) is 0.0588. The highest BCUT2D eigenvalue weighted by molar-refractivity contribution is 6.17. The number of aliphatic carboxylic acids is 1. The van der Waals surface area contributed by atoms with Gasteiger partial charge in [0.15, 0.2) is 5.78 Å². The number of benzene rings is 2. The first-order valence-corrected chi connectivity index (χ1v) is 6.51. The predicted octanol–water partition coefficient (Wildman–Crippen LogP) is 3.00. The van der Waals surface area contributed by atoms with Crippen molar-refractivity contribution < 1.29 is 14.7 Å². The van der Waals surface area contributed by atoms with E-state index in [-0.39, 0.29) is 6.54 Å². The average Bonchev–Trinajstić information content (AvgIpc) is 2.81. The second-order valence-electron chi connectivity index (χ2n) is 4.83. The molecule has 1 heterocycles. The molecule has 0 amide bonds. The van der Waals surface area contributed by atoms with Gasteiger partial charge in [0, 0.05) is 21.8 Å². The zero-order valence-electron chi connectivity index (χ0n) is 11.2. The molecular formula is C17H13NO3. The molecule has 4 heteroatoms. The van der Waals surface area contributed by atoms with Gasteiger partial charge in [-0.2, -0.15) is 0 Å². The number of hydrogen-bond donors (Lipinski definition) is 1. The summed E-state index contributed by atoms with van der Waals surface area (Å²) in [6.45, 7) is 3.30. The van der Waals surface area contributed by atoms with Crippen LogP contribution in [0.2, 0.25) is 0 Å². The second kappa shape index (κ2) is 4.90. The van der Waals surface area contributed by atoms with Gasteiger partial charge in [-0.1, -0.05) is 43.0 Å². The van der Waals surface area contributed by atoms with E-state index in [0.29, 0.717) is 0 Å². The van der Waals surface area contributed by atoms with Gasteiger partial charge >= 0.3 is 5.97 Å². The van der Waals surface area contributed by atoms with Gasteiger partial charge in [0.25, 0.3) is 0 Å². The number of fused-ring (bicyclic) bond motifs is 3. The summed E-state index contributed by atoms with van der Waals surface area (Å²) in [5.41, 5.74) is 1.42. The fourth-order valence-electron chi connectivity index (χ4n) is 2.53. The number of para-hydroxylation sites is 2. The first kappa shape index (κ1) is 13.1. The summed E-state index contributed by atoms with van der Waals surface area (Å²) in [7, 11) is 0. The Morgan fingerprint density at radius 1 is 0.952 bits per heavy atom. The highest BCUT2D eigenvalue weighted by Gasteiger charge is 2.17. The van der Waals surface area contributed by atoms with Crippen molar-refractivity contribution in [2.24, 2.45) is 0 Å². The van der Waals surface area contributed by atoms with Crippen molar-refractivity contribution in [3.05, 3.63) is 60.7 Å². The van der Waals surface area contributed by atoms with Crippen molar-refractivity contribution in [3.8, 4) is 0 Å². The van der Waals surface area contributed by atoms with Crippen molar-refractivity contribution in [2.75, 3.05) is 0 Å². The van der Waals surface area contributed by atoms with Crippen LogP contribution in [0.1, 0.15) is 0 Å². The molecule has 0 aliphatic carbocycles. The molecule has 1 aromatic heterocycles. The highest BCUT2D eigenvalue weighted by atomic mass is 16.4. The topological polar surface area (TPSA) is 59.3 Å². The lowest BCUT2D eigenvalue weighted by atomic mass is 10.2. The van der Waals surface area contributed by atoms with Crippen molar-refractivity contribution in [1.82, 2.24) is 4.57 Å². The molecule has 21 heavy (non-hydrogen) atoms. The van der Waals surface area contributed by atoms with Crippen LogP contribution >= 0.6 is 0 Å². The third-order valence-electron chi connectivity index (χ3n) is 3.58. The number of nitrogens with zero attached hydrogens (tertiary/aromatic N) is 1. The molecule has 0 saturated heterocycles. The Bertz CT molecular complexity index is 836. The molecule has 0 atom stereocenters. The maximum Gasteiger partial charge on any atom is 0.338 e. The molecule has 0 radical (unpaired) electrons. The highest BCUT2D eigenvalue weighted by Crippen LogP contribution is 2.28. The first-order valence-electron chi connectivity index (χ1n) is 6.51. The van der Waals surface area contributed by atoms with Crippen molar-refractivity contribution >= 4 is 33.6 Å². The van der Waals surface area contributed by atoms with E-state index in [2.05, 4.69) is 6.58 Å². The Morgan fingerprint density at radius 3 is 1.90 bits per heavy atom. The lowest BCUT2D eigenvalue weighted by molar-refractivity contribution is -0.134. The number of rotatable bonds is 4. The van der Waals surface area contributed by atoms with E-state index in [1.54, 1.807) is 0 Å². The van der Waals surface area contributed by atoms with Gasteiger partial charge in [-0.25, -0.2) is 4.79 Å². The molecular weight excluding hydrogens is 266 g/mol. The molecule has 0 bridgehead atoms. The maximum absolute atomic E-state index is 12.0. The van der Waals surface area contributed by atoms with E-state index >= 15 is 0 Å². The van der Waals surface area contributed by atoms with E-state index in [1.807, 2.05) is 53.1 Å². The molecule has 0 spiro atoms. The molecule has 1 N–H and O–H groups in total. The van der Waals surface area contributed by atoms with Gasteiger partial charge in [0.2, 0.25) is 0 Å². The maximum atomic E-state index is 12.0. The largest absolute Gasteiger partial charge is 0.478 e. The number of aromatic nitrogens is 1. The van der Waals surface area contributed by atoms with Gasteiger partial charge in [-0.05, 0) is 12.1 Å². The molecule has 104 valence electrons. The number of Topliss-reactive ketones (excluding diaryl/α,β-unsaturated/α-hetero) is 1. The Kier molecular flexibility index (Phi) is 3.06. The van der Waals surface area contributed by atoms with Crippen LogP contribution < -0.4 is 0 Å². The average molecular weight is 279 g/mol. The SMILES string of the molecule is C=C(C(=O)O)C(=O)Cn1c2ccccc2c2ccccc21. The van der Waals surface area contributed by atoms with Gasteiger partial charge in [0.1, 0.15) is 0 Å². The number of carboxylic acids is 1. The third kappa shape index (κ3) is 2.10. The predicted molar refractivity (Wildman–Crippen MR) is 81.2 cm³/mol. The number of carbonyl (C=O) groups is 2. The van der Waals surface area contributed by atoms with Crippen LogP contribution in [0.3, 0.4) is 0 Å². The zero-order chi connectivity index (χ0) is 15.0. The number of hydrogen-bond acceptors (Lipinski definition) is 2. The molecule has 0 fully saturated rings. The number of carboxylic acid groups (broad SMARTS) is 1. The lowest BCUT2D eigenvalue weighted by Crippen LogP contribution is -2.17. The van der Waals surface area contributed by atoms with E-state index in [4.69, 9.17) is 5.11 Å². The van der Waals surface area contributed by atoms with Crippen molar-refractivity contribution in [1.29, 1.82) is 0 Å². The molecule has 0 aliphatic rings. The summed E-state index contributed by atoms with van der Waals surface area (Å²) >= 11 is 0. The normalized spacial score (nSPS) is 10.9. The van der Waals surface area contributed by atoms with Crippen LogP contribution in [0.15, 0.2) is 60.7 Å². The second-order valence-corrected chi connectivity index (χ2v) is 4.83. The standard InChI is InChI=1S/C17H13NO3/c1-11(17(20)21)16(19)10-18-14-8-4-2-6-12(14)13-7-3-5-9-15(13)18/h2-9H,1,10H2,(H,20,21). The quantitative estimate of drug-likeness (QED) is 0.453. The zero-order valence-corrected chi connectivity index (χ0v) is 11.2. The molecule has 0 saturated carbocycles. The Morgan fingerprint density at radius 2 is 1.43 bits per heavy atom. The Hall–Kier alpha value is -2.88. The summed E-state index contributed by atoms with van der Waals surface area (Å²) in [4.78, 5) is 22.9. The van der Waals surface area contributed by atoms with E-state index in [0.717, 1.165) is 21.8 Å². The summed E-state index contributed by atoms with van der Waals surface area (Å²) in [5.74, 6) is -1.77. The summed E-state index contributed by atoms with van der Waals surface area (Å²) in [6, 6.07) is 15.5. The Balaban J connectivity index is 2.18.